The van der Waals surface area contributed by atoms with Gasteiger partial charge in [0.2, 0.25) is 0 Å². The van der Waals surface area contributed by atoms with Crippen LogP contribution in [0.15, 0.2) is 54.1 Å². The Kier molecular flexibility index (Phi) is 4.67. The predicted molar refractivity (Wildman–Crippen MR) is 95.1 cm³/mol. The van der Waals surface area contributed by atoms with E-state index >= 15 is 0 Å². The van der Waals surface area contributed by atoms with Crippen LogP contribution >= 0.6 is 0 Å². The number of anilines is 1. The lowest BCUT2D eigenvalue weighted by Crippen LogP contribution is -2.54. The number of imide groups is 2. The third kappa shape index (κ3) is 3.38. The number of nitro benzene ring substituents is 1. The zero-order chi connectivity index (χ0) is 19.6. The summed E-state index contributed by atoms with van der Waals surface area (Å²) in [6.45, 7) is 0. The lowest BCUT2D eigenvalue weighted by atomic mass is 10.1. The molecule has 9 heteroatoms. The quantitative estimate of drug-likeness (QED) is 0.383. The maximum atomic E-state index is 12.8. The number of methoxy groups -OCH3 is 1. The van der Waals surface area contributed by atoms with Crippen LogP contribution < -0.4 is 15.0 Å². The van der Waals surface area contributed by atoms with Crippen LogP contribution in [0.1, 0.15) is 5.56 Å². The lowest BCUT2D eigenvalue weighted by Gasteiger charge is -2.26. The van der Waals surface area contributed by atoms with Crippen LogP contribution in [0.2, 0.25) is 0 Å². The van der Waals surface area contributed by atoms with E-state index in [1.54, 1.807) is 30.3 Å². The third-order valence-corrected chi connectivity index (χ3v) is 3.84. The van der Waals surface area contributed by atoms with E-state index in [2.05, 4.69) is 5.32 Å². The number of urea groups is 1. The highest BCUT2D eigenvalue weighted by molar-refractivity contribution is 6.39. The van der Waals surface area contributed by atoms with Crippen molar-refractivity contribution in [3.8, 4) is 5.75 Å². The lowest BCUT2D eigenvalue weighted by molar-refractivity contribution is -0.384. The number of carbonyl (C=O) groups excluding carboxylic acids is 3. The molecule has 0 spiro atoms. The molecule has 1 N–H and O–H groups in total. The minimum absolute atomic E-state index is 0.160. The number of hydrogen-bond acceptors (Lipinski definition) is 6. The molecule has 1 fully saturated rings. The molecule has 0 atom stereocenters. The molecular formula is C18H13N3O6. The van der Waals surface area contributed by atoms with E-state index in [1.165, 1.54) is 25.3 Å². The molecule has 2 aromatic carbocycles. The topological polar surface area (TPSA) is 119 Å². The Morgan fingerprint density at radius 2 is 1.81 bits per heavy atom. The zero-order valence-electron chi connectivity index (χ0n) is 14.0. The normalized spacial score (nSPS) is 15.7. The molecule has 2 aromatic rings. The van der Waals surface area contributed by atoms with E-state index in [9.17, 15) is 24.5 Å². The highest BCUT2D eigenvalue weighted by atomic mass is 16.6. The zero-order valence-corrected chi connectivity index (χ0v) is 14.0. The standard InChI is InChI=1S/C18H13N3O6/c1-27-15-8-7-13(21(25)26)9-11(15)10-14-16(22)19-18(24)20(17(14)23)12-5-3-2-4-6-12/h2-10H,1H3,(H,19,22,24)/b14-10-. The van der Waals surface area contributed by atoms with Crippen molar-refractivity contribution in [1.29, 1.82) is 0 Å². The third-order valence-electron chi connectivity index (χ3n) is 3.84. The summed E-state index contributed by atoms with van der Waals surface area (Å²) in [5.41, 5.74) is -0.142. The second-order valence-corrected chi connectivity index (χ2v) is 5.48. The first-order valence-corrected chi connectivity index (χ1v) is 7.71. The summed E-state index contributed by atoms with van der Waals surface area (Å²) in [5, 5.41) is 13.1. The Balaban J connectivity index is 2.08. The van der Waals surface area contributed by atoms with Gasteiger partial charge in [-0.2, -0.15) is 0 Å². The number of ether oxygens (including phenoxy) is 1. The number of nitrogens with zero attached hydrogens (tertiary/aromatic N) is 2. The number of nitrogens with one attached hydrogen (secondary N) is 1. The van der Waals surface area contributed by atoms with Gasteiger partial charge >= 0.3 is 6.03 Å². The summed E-state index contributed by atoms with van der Waals surface area (Å²) in [4.78, 5) is 48.3. The first kappa shape index (κ1) is 17.8. The summed E-state index contributed by atoms with van der Waals surface area (Å²) in [6, 6.07) is 11.0. The second-order valence-electron chi connectivity index (χ2n) is 5.48. The number of benzene rings is 2. The molecule has 27 heavy (non-hydrogen) atoms. The fourth-order valence-corrected chi connectivity index (χ4v) is 2.57. The summed E-state index contributed by atoms with van der Waals surface area (Å²) in [6.07, 6.45) is 1.16. The predicted octanol–water partition coefficient (Wildman–Crippen LogP) is 2.27. The second kappa shape index (κ2) is 7.08. The van der Waals surface area contributed by atoms with Crippen molar-refractivity contribution in [2.24, 2.45) is 0 Å². The van der Waals surface area contributed by atoms with Gasteiger partial charge < -0.3 is 4.74 Å². The minimum Gasteiger partial charge on any atom is -0.496 e. The number of non-ortho nitro benzene ring substituents is 1. The molecule has 1 heterocycles. The minimum atomic E-state index is -0.897. The summed E-state index contributed by atoms with van der Waals surface area (Å²) in [7, 11) is 1.35. The molecule has 0 saturated carbocycles. The van der Waals surface area contributed by atoms with Gasteiger partial charge in [-0.25, -0.2) is 9.69 Å². The molecule has 9 nitrogen and oxygen atoms in total. The van der Waals surface area contributed by atoms with Gasteiger partial charge in [-0.1, -0.05) is 18.2 Å². The highest BCUT2D eigenvalue weighted by Crippen LogP contribution is 2.28. The molecule has 0 unspecified atom stereocenters. The number of carbonyl (C=O) groups is 3. The van der Waals surface area contributed by atoms with Crippen molar-refractivity contribution in [2.45, 2.75) is 0 Å². The van der Waals surface area contributed by atoms with Crippen LogP contribution in [0, 0.1) is 10.1 Å². The van der Waals surface area contributed by atoms with Crippen molar-refractivity contribution in [2.75, 3.05) is 12.0 Å². The van der Waals surface area contributed by atoms with Crippen LogP contribution in [-0.2, 0) is 9.59 Å². The molecule has 1 aliphatic heterocycles. The molecule has 0 radical (unpaired) electrons. The van der Waals surface area contributed by atoms with Gasteiger partial charge in [0, 0.05) is 17.7 Å². The van der Waals surface area contributed by atoms with Crippen molar-refractivity contribution in [3.63, 3.8) is 0 Å². The number of barbiturate groups is 1. The van der Waals surface area contributed by atoms with Gasteiger partial charge in [-0.05, 0) is 24.3 Å². The monoisotopic (exact) mass is 367 g/mol. The summed E-state index contributed by atoms with van der Waals surface area (Å²) >= 11 is 0. The average molecular weight is 367 g/mol. The first-order chi connectivity index (χ1) is 12.9. The molecule has 136 valence electrons. The van der Waals surface area contributed by atoms with Crippen LogP contribution in [0.4, 0.5) is 16.2 Å². The highest BCUT2D eigenvalue weighted by Gasteiger charge is 2.37. The fraction of sp³-hybridized carbons (Fsp3) is 0.0556. The Labute approximate surface area is 153 Å². The Morgan fingerprint density at radius 1 is 1.11 bits per heavy atom. The average Bonchev–Trinajstić information content (AvgIpc) is 2.65. The van der Waals surface area contributed by atoms with Gasteiger partial charge in [0.25, 0.3) is 17.5 Å². The van der Waals surface area contributed by atoms with Crippen LogP contribution in [0.5, 0.6) is 5.75 Å². The SMILES string of the molecule is COc1ccc([N+](=O)[O-])cc1/C=C1/C(=O)NC(=O)N(c2ccccc2)C1=O. The Morgan fingerprint density at radius 3 is 2.44 bits per heavy atom. The molecule has 1 saturated heterocycles. The van der Waals surface area contributed by atoms with E-state index in [4.69, 9.17) is 4.74 Å². The largest absolute Gasteiger partial charge is 0.496 e. The summed E-state index contributed by atoms with van der Waals surface area (Å²) < 4.78 is 5.13. The summed E-state index contributed by atoms with van der Waals surface area (Å²) in [5.74, 6) is -1.51. The van der Waals surface area contributed by atoms with Gasteiger partial charge in [0.15, 0.2) is 0 Å². The van der Waals surface area contributed by atoms with Crippen molar-refractivity contribution in [3.05, 3.63) is 69.8 Å². The van der Waals surface area contributed by atoms with Gasteiger partial charge in [0.1, 0.15) is 11.3 Å². The number of amides is 4. The van der Waals surface area contributed by atoms with E-state index in [0.29, 0.717) is 0 Å². The number of para-hydroxylation sites is 1. The molecule has 0 bridgehead atoms. The van der Waals surface area contributed by atoms with Gasteiger partial charge in [-0.15, -0.1) is 0 Å². The van der Waals surface area contributed by atoms with Crippen LogP contribution in [-0.4, -0.2) is 29.9 Å². The Hall–Kier alpha value is -4.01. The first-order valence-electron chi connectivity index (χ1n) is 7.71. The molecule has 0 aliphatic carbocycles. The van der Waals surface area contributed by atoms with E-state index < -0.39 is 22.8 Å². The smallest absolute Gasteiger partial charge is 0.335 e. The van der Waals surface area contributed by atoms with Crippen molar-refractivity contribution in [1.82, 2.24) is 5.32 Å². The number of hydrogen-bond donors (Lipinski definition) is 1. The maximum Gasteiger partial charge on any atom is 0.335 e. The van der Waals surface area contributed by atoms with Gasteiger partial charge in [-0.3, -0.25) is 25.0 Å². The molecule has 0 aromatic heterocycles. The van der Waals surface area contributed by atoms with E-state index in [-0.39, 0.29) is 28.3 Å². The van der Waals surface area contributed by atoms with Crippen molar-refractivity contribution >= 4 is 35.3 Å². The van der Waals surface area contributed by atoms with E-state index in [0.717, 1.165) is 11.0 Å². The number of rotatable bonds is 4. The van der Waals surface area contributed by atoms with Crippen LogP contribution in [0.25, 0.3) is 6.08 Å². The van der Waals surface area contributed by atoms with E-state index in [1.807, 2.05) is 0 Å². The number of nitro groups is 1. The van der Waals surface area contributed by atoms with Crippen molar-refractivity contribution < 1.29 is 24.0 Å². The molecular weight excluding hydrogens is 354 g/mol. The van der Waals surface area contributed by atoms with Gasteiger partial charge in [0.05, 0.1) is 17.7 Å². The molecule has 1 aliphatic rings. The molecule has 3 rings (SSSR count). The molecule has 4 amide bonds. The van der Waals surface area contributed by atoms with Crippen LogP contribution in [0.3, 0.4) is 0 Å². The fourth-order valence-electron chi connectivity index (χ4n) is 2.57. The Bertz CT molecular complexity index is 984. The maximum absolute atomic E-state index is 12.8.